The Morgan fingerprint density at radius 2 is 1.12 bits per heavy atom. The lowest BCUT2D eigenvalue weighted by molar-refractivity contribution is -0.141. The summed E-state index contributed by atoms with van der Waals surface area (Å²) in [5.41, 5.74) is 3.96. The third-order valence-electron chi connectivity index (χ3n) is 3.62. The molecule has 24 heavy (non-hydrogen) atoms. The molecule has 0 N–H and O–H groups in total. The van der Waals surface area contributed by atoms with Crippen LogP contribution in [0.25, 0.3) is 0 Å². The van der Waals surface area contributed by atoms with Crippen LogP contribution in [0.3, 0.4) is 0 Å². The molecule has 0 spiro atoms. The second-order valence-corrected chi connectivity index (χ2v) is 5.40. The molecule has 0 fully saturated rings. The molecule has 0 atom stereocenters. The summed E-state index contributed by atoms with van der Waals surface area (Å²) < 4.78 is 10.2. The number of aryl methyl sites for hydroxylation is 2. The van der Waals surface area contributed by atoms with Crippen LogP contribution < -0.4 is 0 Å². The van der Waals surface area contributed by atoms with Crippen LogP contribution in [-0.4, -0.2) is 11.9 Å². The lowest BCUT2D eigenvalue weighted by Gasteiger charge is -2.06. The number of benzene rings is 2. The molecule has 0 bridgehead atoms. The Balaban J connectivity index is 1.78. The fraction of sp³-hybridized carbons (Fsp3) is 0.200. The van der Waals surface area contributed by atoms with Crippen molar-refractivity contribution in [1.29, 1.82) is 0 Å². The highest BCUT2D eigenvalue weighted by Gasteiger charge is 2.04. The molecule has 0 radical (unpaired) electrons. The Labute approximate surface area is 141 Å². The molecule has 0 saturated heterocycles. The molecule has 0 saturated carbocycles. The van der Waals surface area contributed by atoms with Crippen LogP contribution in [0.15, 0.2) is 60.7 Å². The minimum absolute atomic E-state index is 0.175. The Morgan fingerprint density at radius 1 is 0.750 bits per heavy atom. The van der Waals surface area contributed by atoms with E-state index in [1.165, 1.54) is 0 Å². The summed E-state index contributed by atoms with van der Waals surface area (Å²) in [6, 6.07) is 15.3. The third-order valence-corrected chi connectivity index (χ3v) is 3.62. The first-order valence-electron chi connectivity index (χ1n) is 7.67. The third kappa shape index (κ3) is 5.39. The normalized spacial score (nSPS) is 10.6. The lowest BCUT2D eigenvalue weighted by Crippen LogP contribution is -2.05. The van der Waals surface area contributed by atoms with Crippen molar-refractivity contribution in [2.75, 3.05) is 0 Å². The van der Waals surface area contributed by atoms with Gasteiger partial charge in [0, 0.05) is 12.2 Å². The van der Waals surface area contributed by atoms with Crippen LogP contribution in [-0.2, 0) is 32.3 Å². The summed E-state index contributed by atoms with van der Waals surface area (Å²) in [6.07, 6.45) is 2.16. The number of esters is 2. The highest BCUT2D eigenvalue weighted by atomic mass is 16.5. The van der Waals surface area contributed by atoms with Crippen molar-refractivity contribution in [2.24, 2.45) is 0 Å². The van der Waals surface area contributed by atoms with E-state index in [9.17, 15) is 9.59 Å². The average molecular weight is 324 g/mol. The van der Waals surface area contributed by atoms with Gasteiger partial charge in [0.1, 0.15) is 13.2 Å². The predicted octanol–water partition coefficient (Wildman–Crippen LogP) is 3.65. The fourth-order valence-corrected chi connectivity index (χ4v) is 2.07. The van der Waals surface area contributed by atoms with Crippen molar-refractivity contribution in [3.63, 3.8) is 0 Å². The fourth-order valence-electron chi connectivity index (χ4n) is 2.07. The molecule has 124 valence electrons. The summed E-state index contributed by atoms with van der Waals surface area (Å²) in [5, 5.41) is 0. The van der Waals surface area contributed by atoms with Gasteiger partial charge in [-0.3, -0.25) is 0 Å². The van der Waals surface area contributed by atoms with Crippen molar-refractivity contribution < 1.29 is 19.1 Å². The van der Waals surface area contributed by atoms with Crippen molar-refractivity contribution in [3.05, 3.63) is 82.9 Å². The smallest absolute Gasteiger partial charge is 0.331 e. The maximum absolute atomic E-state index is 11.6. The molecule has 0 aliphatic rings. The van der Waals surface area contributed by atoms with E-state index in [2.05, 4.69) is 0 Å². The minimum Gasteiger partial charge on any atom is -0.458 e. The van der Waals surface area contributed by atoms with Crippen LogP contribution in [0.1, 0.15) is 22.3 Å². The Bertz CT molecular complexity index is 683. The molecule has 0 heterocycles. The second kappa shape index (κ2) is 8.67. The second-order valence-electron chi connectivity index (χ2n) is 5.40. The summed E-state index contributed by atoms with van der Waals surface area (Å²) in [7, 11) is 0. The van der Waals surface area contributed by atoms with Crippen LogP contribution in [0.2, 0.25) is 0 Å². The number of hydrogen-bond donors (Lipinski definition) is 0. The molecular formula is C20H20O4. The minimum atomic E-state index is -0.578. The summed E-state index contributed by atoms with van der Waals surface area (Å²) in [5.74, 6) is -1.16. The standard InChI is InChI=1S/C20H20O4/c1-15-7-3-5-9-17(15)13-23-19(21)11-12-20(22)24-14-18-10-6-4-8-16(18)2/h3-12H,13-14H2,1-2H3/b12-11-. The topological polar surface area (TPSA) is 52.6 Å². The zero-order valence-corrected chi connectivity index (χ0v) is 13.8. The van der Waals surface area contributed by atoms with Crippen molar-refractivity contribution in [1.82, 2.24) is 0 Å². The van der Waals surface area contributed by atoms with Gasteiger partial charge in [-0.2, -0.15) is 0 Å². The lowest BCUT2D eigenvalue weighted by atomic mass is 10.1. The Morgan fingerprint density at radius 3 is 1.50 bits per heavy atom. The molecule has 0 aliphatic heterocycles. The van der Waals surface area contributed by atoms with E-state index in [1.807, 2.05) is 62.4 Å². The number of rotatable bonds is 6. The number of ether oxygens (including phenoxy) is 2. The van der Waals surface area contributed by atoms with Crippen molar-refractivity contribution in [2.45, 2.75) is 27.1 Å². The first-order chi connectivity index (χ1) is 11.6. The monoisotopic (exact) mass is 324 g/mol. The van der Waals surface area contributed by atoms with Crippen LogP contribution in [0.5, 0.6) is 0 Å². The van der Waals surface area contributed by atoms with Crippen molar-refractivity contribution >= 4 is 11.9 Å². The Kier molecular flexibility index (Phi) is 6.32. The summed E-state index contributed by atoms with van der Waals surface area (Å²) in [6.45, 7) is 4.24. The Hall–Kier alpha value is -2.88. The van der Waals surface area contributed by atoms with E-state index >= 15 is 0 Å². The van der Waals surface area contributed by atoms with Crippen LogP contribution in [0.4, 0.5) is 0 Å². The quantitative estimate of drug-likeness (QED) is 0.601. The van der Waals surface area contributed by atoms with Crippen LogP contribution in [0, 0.1) is 13.8 Å². The SMILES string of the molecule is Cc1ccccc1COC(=O)/C=C\C(=O)OCc1ccccc1C. The van der Waals surface area contributed by atoms with Gasteiger partial charge in [0.15, 0.2) is 0 Å². The molecule has 4 nitrogen and oxygen atoms in total. The molecule has 2 aromatic rings. The average Bonchev–Trinajstić information content (AvgIpc) is 2.58. The number of carbonyl (C=O) groups excluding carboxylic acids is 2. The maximum atomic E-state index is 11.6. The van der Waals surface area contributed by atoms with E-state index in [1.54, 1.807) is 0 Å². The maximum Gasteiger partial charge on any atom is 0.331 e. The summed E-state index contributed by atoms with van der Waals surface area (Å²) in [4.78, 5) is 23.3. The molecule has 0 aliphatic carbocycles. The van der Waals surface area contributed by atoms with Gasteiger partial charge in [-0.25, -0.2) is 9.59 Å². The van der Waals surface area contributed by atoms with Gasteiger partial charge in [-0.05, 0) is 36.1 Å². The van der Waals surface area contributed by atoms with Gasteiger partial charge in [-0.15, -0.1) is 0 Å². The molecule has 2 rings (SSSR count). The zero-order chi connectivity index (χ0) is 17.4. The van der Waals surface area contributed by atoms with E-state index in [-0.39, 0.29) is 13.2 Å². The van der Waals surface area contributed by atoms with Gasteiger partial charge in [-0.1, -0.05) is 48.5 Å². The molecule has 0 unspecified atom stereocenters. The number of hydrogen-bond acceptors (Lipinski definition) is 4. The zero-order valence-electron chi connectivity index (χ0n) is 13.8. The van der Waals surface area contributed by atoms with Crippen molar-refractivity contribution in [3.8, 4) is 0 Å². The predicted molar refractivity (Wildman–Crippen MR) is 91.1 cm³/mol. The van der Waals surface area contributed by atoms with E-state index in [0.29, 0.717) is 0 Å². The largest absolute Gasteiger partial charge is 0.458 e. The molecule has 2 aromatic carbocycles. The van der Waals surface area contributed by atoms with Gasteiger partial charge < -0.3 is 9.47 Å². The van der Waals surface area contributed by atoms with E-state index < -0.39 is 11.9 Å². The summed E-state index contributed by atoms with van der Waals surface area (Å²) >= 11 is 0. The van der Waals surface area contributed by atoms with Gasteiger partial charge in [0.25, 0.3) is 0 Å². The van der Waals surface area contributed by atoms with Gasteiger partial charge in [0.05, 0.1) is 0 Å². The van der Waals surface area contributed by atoms with E-state index in [0.717, 1.165) is 34.4 Å². The molecule has 0 amide bonds. The van der Waals surface area contributed by atoms with Crippen LogP contribution >= 0.6 is 0 Å². The first-order valence-corrected chi connectivity index (χ1v) is 7.67. The van der Waals surface area contributed by atoms with E-state index in [4.69, 9.17) is 9.47 Å². The van der Waals surface area contributed by atoms with Gasteiger partial charge >= 0.3 is 11.9 Å². The molecule has 4 heteroatoms. The molecule has 0 aromatic heterocycles. The molecular weight excluding hydrogens is 304 g/mol. The number of carbonyl (C=O) groups is 2. The highest BCUT2D eigenvalue weighted by Crippen LogP contribution is 2.09. The highest BCUT2D eigenvalue weighted by molar-refractivity contribution is 5.91. The van der Waals surface area contributed by atoms with Gasteiger partial charge in [0.2, 0.25) is 0 Å². The first kappa shape index (κ1) is 17.5.